The number of hydrogen-bond acceptors (Lipinski definition) is 2. The molecule has 0 fully saturated rings. The van der Waals surface area contributed by atoms with Gasteiger partial charge in [-0.1, -0.05) is 41.4 Å². The van der Waals surface area contributed by atoms with E-state index >= 15 is 0 Å². The van der Waals surface area contributed by atoms with Crippen LogP contribution in [-0.4, -0.2) is 22.8 Å². The lowest BCUT2D eigenvalue weighted by Gasteiger charge is -2.15. The number of nitrogens with two attached hydrogens (primary N) is 1. The summed E-state index contributed by atoms with van der Waals surface area (Å²) in [6.07, 6.45) is 0.282. The van der Waals surface area contributed by atoms with E-state index < -0.39 is 17.9 Å². The van der Waals surface area contributed by atoms with Crippen molar-refractivity contribution in [3.8, 4) is 0 Å². The molecule has 1 unspecified atom stereocenters. The molecule has 3 rings (SSSR count). The standard InChI is InChI=1S/C18H15Cl2N3O2/c19-12-4-1-10(2-5-12)7-15(17(21)24)23-18(25)16-8-11-3-6-13(20)9-14(11)22-16/h1-6,8-9,15,22H,7H2,(H2,21,24)(H,23,25). The zero-order chi connectivity index (χ0) is 18.0. The zero-order valence-corrected chi connectivity index (χ0v) is 14.6. The fraction of sp³-hybridized carbons (Fsp3) is 0.111. The Balaban J connectivity index is 1.77. The minimum Gasteiger partial charge on any atom is -0.368 e. The van der Waals surface area contributed by atoms with Crippen LogP contribution in [0.1, 0.15) is 16.1 Å². The van der Waals surface area contributed by atoms with E-state index in [1.165, 1.54) is 0 Å². The summed E-state index contributed by atoms with van der Waals surface area (Å²) in [6.45, 7) is 0. The number of carbonyl (C=O) groups is 2. The second kappa shape index (κ2) is 7.17. The van der Waals surface area contributed by atoms with Crippen molar-refractivity contribution in [3.05, 3.63) is 69.8 Å². The molecular weight excluding hydrogens is 361 g/mol. The van der Waals surface area contributed by atoms with Crippen LogP contribution in [0.2, 0.25) is 10.0 Å². The van der Waals surface area contributed by atoms with E-state index in [-0.39, 0.29) is 6.42 Å². The van der Waals surface area contributed by atoms with Gasteiger partial charge < -0.3 is 16.0 Å². The smallest absolute Gasteiger partial charge is 0.268 e. The number of fused-ring (bicyclic) bond motifs is 1. The fourth-order valence-electron chi connectivity index (χ4n) is 2.54. The van der Waals surface area contributed by atoms with Crippen molar-refractivity contribution in [1.29, 1.82) is 0 Å². The maximum atomic E-state index is 12.5. The van der Waals surface area contributed by atoms with Crippen LogP contribution in [0.25, 0.3) is 10.9 Å². The largest absolute Gasteiger partial charge is 0.368 e. The first-order chi connectivity index (χ1) is 11.9. The molecule has 0 saturated carbocycles. The van der Waals surface area contributed by atoms with Gasteiger partial charge in [0, 0.05) is 27.4 Å². The summed E-state index contributed by atoms with van der Waals surface area (Å²) < 4.78 is 0. The third-order valence-corrected chi connectivity index (χ3v) is 4.32. The Labute approximate surface area is 154 Å². The Bertz CT molecular complexity index is 935. The molecule has 1 atom stereocenters. The van der Waals surface area contributed by atoms with Crippen LogP contribution >= 0.6 is 23.2 Å². The maximum Gasteiger partial charge on any atom is 0.268 e. The fourth-order valence-corrected chi connectivity index (χ4v) is 2.83. The van der Waals surface area contributed by atoms with E-state index in [4.69, 9.17) is 28.9 Å². The Kier molecular flexibility index (Phi) is 4.97. The van der Waals surface area contributed by atoms with Gasteiger partial charge in [-0.05, 0) is 35.9 Å². The second-order valence-corrected chi connectivity index (χ2v) is 6.55. The number of rotatable bonds is 5. The SMILES string of the molecule is NC(=O)C(Cc1ccc(Cl)cc1)NC(=O)c1cc2ccc(Cl)cc2[nH]1. The molecule has 1 aromatic heterocycles. The van der Waals surface area contributed by atoms with E-state index in [0.717, 1.165) is 16.5 Å². The summed E-state index contributed by atoms with van der Waals surface area (Å²) in [7, 11) is 0. The molecule has 0 saturated heterocycles. The molecule has 25 heavy (non-hydrogen) atoms. The highest BCUT2D eigenvalue weighted by Gasteiger charge is 2.20. The van der Waals surface area contributed by atoms with E-state index in [1.54, 1.807) is 42.5 Å². The van der Waals surface area contributed by atoms with Gasteiger partial charge >= 0.3 is 0 Å². The number of hydrogen-bond donors (Lipinski definition) is 3. The molecule has 5 nitrogen and oxygen atoms in total. The second-order valence-electron chi connectivity index (χ2n) is 5.67. The number of halogens is 2. The number of carbonyl (C=O) groups excluding carboxylic acids is 2. The molecule has 0 spiro atoms. The minimum absolute atomic E-state index is 0.282. The van der Waals surface area contributed by atoms with Gasteiger partial charge in [-0.3, -0.25) is 9.59 Å². The van der Waals surface area contributed by atoms with Crippen LogP contribution in [-0.2, 0) is 11.2 Å². The van der Waals surface area contributed by atoms with E-state index in [1.807, 2.05) is 6.07 Å². The molecule has 7 heteroatoms. The number of amides is 2. The predicted molar refractivity (Wildman–Crippen MR) is 98.9 cm³/mol. The summed E-state index contributed by atoms with van der Waals surface area (Å²) in [5, 5.41) is 4.68. The van der Waals surface area contributed by atoms with Gasteiger partial charge in [0.2, 0.25) is 5.91 Å². The van der Waals surface area contributed by atoms with Crippen LogP contribution in [0.3, 0.4) is 0 Å². The molecule has 0 aliphatic carbocycles. The van der Waals surface area contributed by atoms with Gasteiger partial charge in [0.15, 0.2) is 0 Å². The Morgan fingerprint density at radius 3 is 2.40 bits per heavy atom. The molecule has 0 bridgehead atoms. The summed E-state index contributed by atoms with van der Waals surface area (Å²) in [6, 6.07) is 13.2. The van der Waals surface area contributed by atoms with Crippen LogP contribution in [0.5, 0.6) is 0 Å². The van der Waals surface area contributed by atoms with Gasteiger partial charge in [0.1, 0.15) is 11.7 Å². The highest BCUT2D eigenvalue weighted by molar-refractivity contribution is 6.31. The molecule has 2 aromatic carbocycles. The number of aromatic nitrogens is 1. The van der Waals surface area contributed by atoms with Crippen LogP contribution in [0, 0.1) is 0 Å². The topological polar surface area (TPSA) is 88.0 Å². The summed E-state index contributed by atoms with van der Waals surface area (Å²) in [5.41, 5.74) is 7.35. The van der Waals surface area contributed by atoms with Crippen molar-refractivity contribution in [3.63, 3.8) is 0 Å². The van der Waals surface area contributed by atoms with E-state index in [2.05, 4.69) is 10.3 Å². The average Bonchev–Trinajstić information content (AvgIpc) is 2.99. The molecular formula is C18H15Cl2N3O2. The van der Waals surface area contributed by atoms with E-state index in [9.17, 15) is 9.59 Å². The lowest BCUT2D eigenvalue weighted by atomic mass is 10.1. The third kappa shape index (κ3) is 4.13. The normalized spacial score (nSPS) is 12.1. The first kappa shape index (κ1) is 17.3. The van der Waals surface area contributed by atoms with Crippen molar-refractivity contribution in [2.75, 3.05) is 0 Å². The molecule has 1 heterocycles. The van der Waals surface area contributed by atoms with Crippen molar-refractivity contribution in [1.82, 2.24) is 10.3 Å². The monoisotopic (exact) mass is 375 g/mol. The number of H-pyrrole nitrogens is 1. The molecule has 0 aliphatic heterocycles. The maximum absolute atomic E-state index is 12.5. The Morgan fingerprint density at radius 2 is 1.72 bits per heavy atom. The van der Waals surface area contributed by atoms with Crippen LogP contribution in [0.15, 0.2) is 48.5 Å². The van der Waals surface area contributed by atoms with Gasteiger partial charge in [0.25, 0.3) is 5.91 Å². The number of primary amides is 1. The van der Waals surface area contributed by atoms with Gasteiger partial charge in [0.05, 0.1) is 0 Å². The molecule has 0 radical (unpaired) electrons. The highest BCUT2D eigenvalue weighted by Crippen LogP contribution is 2.20. The number of benzene rings is 2. The first-order valence-electron chi connectivity index (χ1n) is 7.55. The third-order valence-electron chi connectivity index (χ3n) is 3.83. The van der Waals surface area contributed by atoms with Gasteiger partial charge in [-0.15, -0.1) is 0 Å². The minimum atomic E-state index is -0.830. The van der Waals surface area contributed by atoms with Crippen LogP contribution in [0.4, 0.5) is 0 Å². The first-order valence-corrected chi connectivity index (χ1v) is 8.31. The van der Waals surface area contributed by atoms with Crippen molar-refractivity contribution < 1.29 is 9.59 Å². The molecule has 128 valence electrons. The molecule has 3 aromatic rings. The summed E-state index contributed by atoms with van der Waals surface area (Å²) in [4.78, 5) is 27.1. The van der Waals surface area contributed by atoms with Crippen molar-refractivity contribution in [2.45, 2.75) is 12.5 Å². The molecule has 2 amide bonds. The van der Waals surface area contributed by atoms with E-state index in [0.29, 0.717) is 15.7 Å². The van der Waals surface area contributed by atoms with Crippen molar-refractivity contribution >= 4 is 45.9 Å². The Hall–Kier alpha value is -2.50. The zero-order valence-electron chi connectivity index (χ0n) is 13.1. The van der Waals surface area contributed by atoms with Gasteiger partial charge in [-0.2, -0.15) is 0 Å². The van der Waals surface area contributed by atoms with Crippen LogP contribution < -0.4 is 11.1 Å². The lowest BCUT2D eigenvalue weighted by molar-refractivity contribution is -0.119. The summed E-state index contributed by atoms with van der Waals surface area (Å²) in [5.74, 6) is -1.02. The summed E-state index contributed by atoms with van der Waals surface area (Å²) >= 11 is 11.8. The lowest BCUT2D eigenvalue weighted by Crippen LogP contribution is -2.45. The molecule has 0 aliphatic rings. The van der Waals surface area contributed by atoms with Gasteiger partial charge in [-0.25, -0.2) is 0 Å². The quantitative estimate of drug-likeness (QED) is 0.638. The highest BCUT2D eigenvalue weighted by atomic mass is 35.5. The average molecular weight is 376 g/mol. The Morgan fingerprint density at radius 1 is 1.04 bits per heavy atom. The van der Waals surface area contributed by atoms with Crippen molar-refractivity contribution in [2.24, 2.45) is 5.73 Å². The molecule has 4 N–H and O–H groups in total. The predicted octanol–water partition coefficient (Wildman–Crippen LogP) is 3.30. The number of aromatic amines is 1. The number of nitrogens with one attached hydrogen (secondary N) is 2.